The third-order valence-corrected chi connectivity index (χ3v) is 3.37. The first-order chi connectivity index (χ1) is 8.13. The smallest absolute Gasteiger partial charge is 0.224 e. The van der Waals surface area contributed by atoms with E-state index in [4.69, 9.17) is 0 Å². The molecular weight excluding hydrogens is 210 g/mol. The SMILES string of the molecule is Cc1cc(C)cc(CC(=O)NC2CCCC2)c1. The molecule has 0 bridgehead atoms. The van der Waals surface area contributed by atoms with E-state index < -0.39 is 0 Å². The molecule has 1 amide bonds. The molecule has 1 saturated carbocycles. The number of hydrogen-bond acceptors (Lipinski definition) is 1. The van der Waals surface area contributed by atoms with E-state index in [-0.39, 0.29) is 5.91 Å². The quantitative estimate of drug-likeness (QED) is 0.851. The van der Waals surface area contributed by atoms with Crippen LogP contribution in [0.3, 0.4) is 0 Å². The molecule has 2 nitrogen and oxygen atoms in total. The summed E-state index contributed by atoms with van der Waals surface area (Å²) in [5.41, 5.74) is 3.58. The average Bonchev–Trinajstić information content (AvgIpc) is 2.67. The van der Waals surface area contributed by atoms with Crippen LogP contribution in [0.1, 0.15) is 42.4 Å². The van der Waals surface area contributed by atoms with Crippen LogP contribution in [0.4, 0.5) is 0 Å². The Hall–Kier alpha value is -1.31. The van der Waals surface area contributed by atoms with Gasteiger partial charge in [-0.05, 0) is 32.3 Å². The second-order valence-electron chi connectivity index (χ2n) is 5.22. The van der Waals surface area contributed by atoms with Gasteiger partial charge in [0.15, 0.2) is 0 Å². The van der Waals surface area contributed by atoms with Gasteiger partial charge in [-0.25, -0.2) is 0 Å². The highest BCUT2D eigenvalue weighted by Crippen LogP contribution is 2.18. The van der Waals surface area contributed by atoms with Gasteiger partial charge in [-0.1, -0.05) is 42.2 Å². The van der Waals surface area contributed by atoms with Crippen molar-refractivity contribution >= 4 is 5.91 Å². The summed E-state index contributed by atoms with van der Waals surface area (Å²) < 4.78 is 0. The maximum atomic E-state index is 11.9. The standard InChI is InChI=1S/C15H21NO/c1-11-7-12(2)9-13(8-11)10-15(17)16-14-5-3-4-6-14/h7-9,14H,3-6,10H2,1-2H3,(H,16,17). The maximum Gasteiger partial charge on any atom is 0.224 e. The molecule has 1 aliphatic carbocycles. The largest absolute Gasteiger partial charge is 0.353 e. The molecule has 0 aliphatic heterocycles. The third kappa shape index (κ3) is 3.58. The molecule has 1 N–H and O–H groups in total. The first kappa shape index (κ1) is 12.2. The summed E-state index contributed by atoms with van der Waals surface area (Å²) in [5.74, 6) is 0.168. The Labute approximate surface area is 103 Å². The van der Waals surface area contributed by atoms with Crippen molar-refractivity contribution in [2.75, 3.05) is 0 Å². The molecule has 0 saturated heterocycles. The van der Waals surface area contributed by atoms with Gasteiger partial charge in [-0.3, -0.25) is 4.79 Å². The van der Waals surface area contributed by atoms with Gasteiger partial charge in [0.2, 0.25) is 5.91 Å². The summed E-state index contributed by atoms with van der Waals surface area (Å²) in [4.78, 5) is 11.9. The van der Waals surface area contributed by atoms with Crippen molar-refractivity contribution in [3.63, 3.8) is 0 Å². The Balaban J connectivity index is 1.92. The summed E-state index contributed by atoms with van der Waals surface area (Å²) in [5, 5.41) is 3.13. The lowest BCUT2D eigenvalue weighted by atomic mass is 10.0. The number of carbonyl (C=O) groups is 1. The zero-order valence-corrected chi connectivity index (χ0v) is 10.8. The Bertz CT molecular complexity index is 385. The number of benzene rings is 1. The fourth-order valence-electron chi connectivity index (χ4n) is 2.71. The number of hydrogen-bond donors (Lipinski definition) is 1. The highest BCUT2D eigenvalue weighted by atomic mass is 16.1. The molecule has 0 unspecified atom stereocenters. The molecule has 2 heteroatoms. The average molecular weight is 231 g/mol. The van der Waals surface area contributed by atoms with E-state index in [0.717, 1.165) is 18.4 Å². The van der Waals surface area contributed by atoms with Crippen molar-refractivity contribution in [1.82, 2.24) is 5.32 Å². The molecule has 92 valence electrons. The Morgan fingerprint density at radius 3 is 2.35 bits per heavy atom. The summed E-state index contributed by atoms with van der Waals surface area (Å²) in [6.45, 7) is 4.15. The summed E-state index contributed by atoms with van der Waals surface area (Å²) >= 11 is 0. The van der Waals surface area contributed by atoms with Crippen LogP contribution >= 0.6 is 0 Å². The minimum atomic E-state index is 0.168. The fourth-order valence-corrected chi connectivity index (χ4v) is 2.71. The molecule has 1 fully saturated rings. The lowest BCUT2D eigenvalue weighted by Crippen LogP contribution is -2.33. The molecule has 17 heavy (non-hydrogen) atoms. The van der Waals surface area contributed by atoms with E-state index in [1.807, 2.05) is 0 Å². The highest BCUT2D eigenvalue weighted by molar-refractivity contribution is 5.79. The van der Waals surface area contributed by atoms with Crippen molar-refractivity contribution in [3.05, 3.63) is 34.9 Å². The number of amides is 1. The van der Waals surface area contributed by atoms with Crippen molar-refractivity contribution in [2.45, 2.75) is 52.0 Å². The molecule has 0 radical (unpaired) electrons. The van der Waals surface area contributed by atoms with Crippen molar-refractivity contribution in [2.24, 2.45) is 0 Å². The van der Waals surface area contributed by atoms with Gasteiger partial charge < -0.3 is 5.32 Å². The number of aryl methyl sites for hydroxylation is 2. The topological polar surface area (TPSA) is 29.1 Å². The highest BCUT2D eigenvalue weighted by Gasteiger charge is 2.17. The molecule has 0 aromatic heterocycles. The second kappa shape index (κ2) is 5.35. The van der Waals surface area contributed by atoms with E-state index in [1.54, 1.807) is 0 Å². The van der Waals surface area contributed by atoms with E-state index in [1.165, 1.54) is 24.0 Å². The van der Waals surface area contributed by atoms with Gasteiger partial charge in [0.1, 0.15) is 0 Å². The molecule has 0 atom stereocenters. The zero-order chi connectivity index (χ0) is 12.3. The number of nitrogens with one attached hydrogen (secondary N) is 1. The third-order valence-electron chi connectivity index (χ3n) is 3.37. The second-order valence-corrected chi connectivity index (χ2v) is 5.22. The van der Waals surface area contributed by atoms with Gasteiger partial charge in [-0.15, -0.1) is 0 Å². The van der Waals surface area contributed by atoms with Crippen molar-refractivity contribution < 1.29 is 4.79 Å². The zero-order valence-electron chi connectivity index (χ0n) is 10.8. The first-order valence-electron chi connectivity index (χ1n) is 6.50. The van der Waals surface area contributed by atoms with Crippen LogP contribution in [0, 0.1) is 13.8 Å². The van der Waals surface area contributed by atoms with E-state index >= 15 is 0 Å². The van der Waals surface area contributed by atoms with Crippen molar-refractivity contribution in [1.29, 1.82) is 0 Å². The van der Waals surface area contributed by atoms with Crippen LogP contribution in [0.5, 0.6) is 0 Å². The van der Waals surface area contributed by atoms with Crippen LogP contribution in [0.25, 0.3) is 0 Å². The summed E-state index contributed by atoms with van der Waals surface area (Å²) in [7, 11) is 0. The summed E-state index contributed by atoms with van der Waals surface area (Å²) in [6, 6.07) is 6.76. The number of rotatable bonds is 3. The molecule has 0 heterocycles. The van der Waals surface area contributed by atoms with Crippen LogP contribution in [0.15, 0.2) is 18.2 Å². The van der Waals surface area contributed by atoms with Gasteiger partial charge >= 0.3 is 0 Å². The number of carbonyl (C=O) groups excluding carboxylic acids is 1. The predicted octanol–water partition coefficient (Wildman–Crippen LogP) is 2.90. The van der Waals surface area contributed by atoms with Crippen LogP contribution in [-0.2, 0) is 11.2 Å². The van der Waals surface area contributed by atoms with Gasteiger partial charge in [0.25, 0.3) is 0 Å². The molecule has 0 spiro atoms. The van der Waals surface area contributed by atoms with Crippen LogP contribution < -0.4 is 5.32 Å². The lowest BCUT2D eigenvalue weighted by molar-refractivity contribution is -0.121. The molecule has 2 rings (SSSR count). The Morgan fingerprint density at radius 2 is 1.76 bits per heavy atom. The van der Waals surface area contributed by atoms with E-state index in [9.17, 15) is 4.79 Å². The predicted molar refractivity (Wildman–Crippen MR) is 70.0 cm³/mol. The van der Waals surface area contributed by atoms with Crippen LogP contribution in [0.2, 0.25) is 0 Å². The Kier molecular flexibility index (Phi) is 3.82. The van der Waals surface area contributed by atoms with Gasteiger partial charge in [0.05, 0.1) is 6.42 Å². The van der Waals surface area contributed by atoms with Gasteiger partial charge in [0, 0.05) is 6.04 Å². The van der Waals surface area contributed by atoms with E-state index in [0.29, 0.717) is 12.5 Å². The summed E-state index contributed by atoms with van der Waals surface area (Å²) in [6.07, 6.45) is 5.33. The minimum absolute atomic E-state index is 0.168. The Morgan fingerprint density at radius 1 is 1.18 bits per heavy atom. The molecule has 1 aliphatic rings. The minimum Gasteiger partial charge on any atom is -0.353 e. The normalized spacial score (nSPS) is 16.1. The van der Waals surface area contributed by atoms with Gasteiger partial charge in [-0.2, -0.15) is 0 Å². The van der Waals surface area contributed by atoms with Crippen molar-refractivity contribution in [3.8, 4) is 0 Å². The molecule has 1 aromatic carbocycles. The van der Waals surface area contributed by atoms with E-state index in [2.05, 4.69) is 37.4 Å². The maximum absolute atomic E-state index is 11.9. The molecular formula is C15H21NO. The fraction of sp³-hybridized carbons (Fsp3) is 0.533. The monoisotopic (exact) mass is 231 g/mol. The van der Waals surface area contributed by atoms with Crippen LogP contribution in [-0.4, -0.2) is 11.9 Å². The molecule has 1 aromatic rings. The lowest BCUT2D eigenvalue weighted by Gasteiger charge is -2.12. The first-order valence-corrected chi connectivity index (χ1v) is 6.50.